The molecule has 0 saturated carbocycles. The van der Waals surface area contributed by atoms with E-state index in [0.29, 0.717) is 0 Å². The standard InChI is InChI=1S/C10H21N2O/c13-10-4-2-1-3-7-12-8-5-11-6-9-12/h11H,1-10H2. The molecule has 0 aliphatic carbocycles. The lowest BCUT2D eigenvalue weighted by Gasteiger charge is -2.26. The van der Waals surface area contributed by atoms with Gasteiger partial charge in [0.1, 0.15) is 0 Å². The van der Waals surface area contributed by atoms with E-state index in [9.17, 15) is 5.11 Å². The third kappa shape index (κ3) is 5.24. The molecule has 3 heteroatoms. The number of nitrogens with zero attached hydrogens (tertiary/aromatic N) is 1. The molecule has 0 bridgehead atoms. The third-order valence-corrected chi connectivity index (χ3v) is 2.58. The minimum absolute atomic E-state index is 0.105. The van der Waals surface area contributed by atoms with E-state index in [2.05, 4.69) is 10.2 Å². The smallest absolute Gasteiger partial charge is 0.0822 e. The van der Waals surface area contributed by atoms with Crippen LogP contribution in [0.3, 0.4) is 0 Å². The first-order valence-corrected chi connectivity index (χ1v) is 5.44. The van der Waals surface area contributed by atoms with Crippen molar-refractivity contribution in [3.63, 3.8) is 0 Å². The fraction of sp³-hybridized carbons (Fsp3) is 1.00. The Balaban J connectivity index is 1.86. The Bertz CT molecular complexity index is 113. The van der Waals surface area contributed by atoms with Crippen molar-refractivity contribution in [3.05, 3.63) is 0 Å². The summed E-state index contributed by atoms with van der Waals surface area (Å²) in [5.41, 5.74) is 0. The van der Waals surface area contributed by atoms with Gasteiger partial charge < -0.3 is 10.2 Å². The molecule has 13 heavy (non-hydrogen) atoms. The molecule has 3 nitrogen and oxygen atoms in total. The van der Waals surface area contributed by atoms with Gasteiger partial charge in [0, 0.05) is 26.2 Å². The average molecular weight is 185 g/mol. The van der Waals surface area contributed by atoms with Crippen molar-refractivity contribution in [2.75, 3.05) is 39.3 Å². The van der Waals surface area contributed by atoms with E-state index < -0.39 is 0 Å². The largest absolute Gasteiger partial charge is 0.314 e. The zero-order valence-electron chi connectivity index (χ0n) is 8.43. The Morgan fingerprint density at radius 2 is 1.69 bits per heavy atom. The van der Waals surface area contributed by atoms with Crippen LogP contribution in [0.2, 0.25) is 0 Å². The van der Waals surface area contributed by atoms with Crippen LogP contribution in [0.5, 0.6) is 0 Å². The molecule has 0 amide bonds. The lowest BCUT2D eigenvalue weighted by molar-refractivity contribution is 0.184. The highest BCUT2D eigenvalue weighted by atomic mass is 16.2. The third-order valence-electron chi connectivity index (χ3n) is 2.58. The van der Waals surface area contributed by atoms with Crippen molar-refractivity contribution in [3.8, 4) is 0 Å². The van der Waals surface area contributed by atoms with E-state index in [1.54, 1.807) is 0 Å². The van der Waals surface area contributed by atoms with Crippen molar-refractivity contribution in [1.29, 1.82) is 0 Å². The molecule has 1 N–H and O–H groups in total. The molecule has 0 atom stereocenters. The number of piperazine rings is 1. The normalized spacial score (nSPS) is 19.2. The van der Waals surface area contributed by atoms with Crippen LogP contribution in [0, 0.1) is 0 Å². The predicted octanol–water partition coefficient (Wildman–Crippen LogP) is 0.882. The van der Waals surface area contributed by atoms with E-state index in [1.807, 2.05) is 0 Å². The van der Waals surface area contributed by atoms with Crippen LogP contribution < -0.4 is 5.32 Å². The fourth-order valence-electron chi connectivity index (χ4n) is 1.73. The molecule has 0 aromatic carbocycles. The van der Waals surface area contributed by atoms with Crippen molar-refractivity contribution in [1.82, 2.24) is 10.2 Å². The van der Waals surface area contributed by atoms with Gasteiger partial charge in [0.25, 0.3) is 0 Å². The molecule has 1 saturated heterocycles. The highest BCUT2D eigenvalue weighted by Crippen LogP contribution is 2.02. The zero-order chi connectivity index (χ0) is 9.36. The van der Waals surface area contributed by atoms with Crippen LogP contribution in [0.25, 0.3) is 0 Å². The van der Waals surface area contributed by atoms with Gasteiger partial charge >= 0.3 is 0 Å². The SMILES string of the molecule is [O]CCCCCCN1CCNCC1. The summed E-state index contributed by atoms with van der Waals surface area (Å²) >= 11 is 0. The second-order valence-corrected chi connectivity index (χ2v) is 3.71. The highest BCUT2D eigenvalue weighted by Gasteiger charge is 2.07. The molecule has 1 aliphatic rings. The van der Waals surface area contributed by atoms with Gasteiger partial charge in [-0.1, -0.05) is 12.8 Å². The Kier molecular flexibility index (Phi) is 6.15. The molecule has 1 radical (unpaired) electrons. The fourth-order valence-corrected chi connectivity index (χ4v) is 1.73. The maximum absolute atomic E-state index is 10.2. The summed E-state index contributed by atoms with van der Waals surface area (Å²) < 4.78 is 0. The number of hydrogen-bond acceptors (Lipinski definition) is 2. The van der Waals surface area contributed by atoms with Crippen molar-refractivity contribution in [2.24, 2.45) is 0 Å². The summed E-state index contributed by atoms with van der Waals surface area (Å²) in [6.45, 7) is 6.00. The Hall–Kier alpha value is -0.120. The van der Waals surface area contributed by atoms with Gasteiger partial charge in [0.2, 0.25) is 0 Å². The van der Waals surface area contributed by atoms with E-state index in [4.69, 9.17) is 0 Å². The second kappa shape index (κ2) is 7.30. The first-order valence-electron chi connectivity index (χ1n) is 5.44. The van der Waals surface area contributed by atoms with Crippen molar-refractivity contribution >= 4 is 0 Å². The Morgan fingerprint density at radius 3 is 2.38 bits per heavy atom. The number of unbranched alkanes of at least 4 members (excludes halogenated alkanes) is 3. The average Bonchev–Trinajstić information content (AvgIpc) is 2.19. The maximum atomic E-state index is 10.2. The van der Waals surface area contributed by atoms with Crippen molar-refractivity contribution in [2.45, 2.75) is 25.7 Å². The van der Waals surface area contributed by atoms with E-state index in [1.165, 1.54) is 32.5 Å². The van der Waals surface area contributed by atoms with Gasteiger partial charge in [-0.15, -0.1) is 0 Å². The Labute approximate surface area is 81.1 Å². The quantitative estimate of drug-likeness (QED) is 0.624. The van der Waals surface area contributed by atoms with E-state index in [0.717, 1.165) is 25.9 Å². The first kappa shape index (κ1) is 11.0. The van der Waals surface area contributed by atoms with Crippen LogP contribution in [0.15, 0.2) is 0 Å². The lowest BCUT2D eigenvalue weighted by atomic mass is 10.2. The lowest BCUT2D eigenvalue weighted by Crippen LogP contribution is -2.43. The van der Waals surface area contributed by atoms with Gasteiger partial charge in [-0.2, -0.15) is 0 Å². The summed E-state index contributed by atoms with van der Waals surface area (Å²) in [6.07, 6.45) is 4.48. The monoisotopic (exact) mass is 185 g/mol. The molecule has 1 aliphatic heterocycles. The zero-order valence-corrected chi connectivity index (χ0v) is 8.43. The molecule has 1 heterocycles. The van der Waals surface area contributed by atoms with Gasteiger partial charge in [0.15, 0.2) is 0 Å². The molecule has 0 spiro atoms. The van der Waals surface area contributed by atoms with Crippen LogP contribution >= 0.6 is 0 Å². The molecule has 0 aromatic heterocycles. The molecular weight excluding hydrogens is 164 g/mol. The predicted molar refractivity (Wildman–Crippen MR) is 53.3 cm³/mol. The summed E-state index contributed by atoms with van der Waals surface area (Å²) in [5, 5.41) is 13.5. The van der Waals surface area contributed by atoms with Gasteiger partial charge in [0.05, 0.1) is 6.61 Å². The topological polar surface area (TPSA) is 35.2 Å². The van der Waals surface area contributed by atoms with Gasteiger partial charge in [-0.3, -0.25) is 0 Å². The second-order valence-electron chi connectivity index (χ2n) is 3.71. The maximum Gasteiger partial charge on any atom is 0.0822 e. The molecule has 0 unspecified atom stereocenters. The summed E-state index contributed by atoms with van der Waals surface area (Å²) in [7, 11) is 0. The van der Waals surface area contributed by atoms with Crippen LogP contribution in [0.1, 0.15) is 25.7 Å². The number of hydrogen-bond donors (Lipinski definition) is 1. The van der Waals surface area contributed by atoms with E-state index in [-0.39, 0.29) is 6.61 Å². The molecule has 0 aromatic rings. The van der Waals surface area contributed by atoms with Crippen LogP contribution in [-0.2, 0) is 5.11 Å². The minimum Gasteiger partial charge on any atom is -0.314 e. The van der Waals surface area contributed by atoms with Gasteiger partial charge in [-0.05, 0) is 19.4 Å². The highest BCUT2D eigenvalue weighted by molar-refractivity contribution is 4.66. The molecule has 1 fully saturated rings. The first-order chi connectivity index (χ1) is 6.43. The summed E-state index contributed by atoms with van der Waals surface area (Å²) in [6, 6.07) is 0. The number of rotatable bonds is 6. The van der Waals surface area contributed by atoms with E-state index >= 15 is 0 Å². The molecule has 1 rings (SSSR count). The Morgan fingerprint density at radius 1 is 1.00 bits per heavy atom. The van der Waals surface area contributed by atoms with Crippen LogP contribution in [-0.4, -0.2) is 44.2 Å². The van der Waals surface area contributed by atoms with Crippen LogP contribution in [0.4, 0.5) is 0 Å². The minimum atomic E-state index is 0.105. The summed E-state index contributed by atoms with van der Waals surface area (Å²) in [4.78, 5) is 2.51. The summed E-state index contributed by atoms with van der Waals surface area (Å²) in [5.74, 6) is 0. The molecule has 77 valence electrons. The van der Waals surface area contributed by atoms with Gasteiger partial charge in [-0.25, -0.2) is 5.11 Å². The van der Waals surface area contributed by atoms with Crippen molar-refractivity contribution < 1.29 is 5.11 Å². The number of nitrogens with one attached hydrogen (secondary N) is 1. The molecular formula is C10H21N2O.